The van der Waals surface area contributed by atoms with Gasteiger partial charge in [0, 0.05) is 5.69 Å². The minimum Gasteiger partial charge on any atom is -0.398 e. The minimum atomic E-state index is -0.169. The maximum atomic E-state index is 11.6. The SMILES string of the molecule is CC[C@H](CO)NC(=O)Cc1ccccc1N. The van der Waals surface area contributed by atoms with E-state index in [1.807, 2.05) is 25.1 Å². The van der Waals surface area contributed by atoms with E-state index < -0.39 is 0 Å². The van der Waals surface area contributed by atoms with Crippen molar-refractivity contribution in [3.63, 3.8) is 0 Å². The maximum Gasteiger partial charge on any atom is 0.224 e. The molecule has 88 valence electrons. The lowest BCUT2D eigenvalue weighted by Gasteiger charge is -2.14. The number of benzene rings is 1. The van der Waals surface area contributed by atoms with Crippen LogP contribution in [0.3, 0.4) is 0 Å². The summed E-state index contributed by atoms with van der Waals surface area (Å²) >= 11 is 0. The lowest BCUT2D eigenvalue weighted by molar-refractivity contribution is -0.121. The molecule has 16 heavy (non-hydrogen) atoms. The third-order valence-corrected chi connectivity index (χ3v) is 2.48. The summed E-state index contributed by atoms with van der Waals surface area (Å²) in [7, 11) is 0. The third-order valence-electron chi connectivity index (χ3n) is 2.48. The van der Waals surface area contributed by atoms with E-state index in [0.29, 0.717) is 12.1 Å². The number of rotatable bonds is 5. The molecule has 0 heterocycles. The predicted octanol–water partition coefficient (Wildman–Crippen LogP) is 0.698. The van der Waals surface area contributed by atoms with Gasteiger partial charge in [0.15, 0.2) is 0 Å². The van der Waals surface area contributed by atoms with Crippen LogP contribution in [0.5, 0.6) is 0 Å². The molecule has 4 N–H and O–H groups in total. The van der Waals surface area contributed by atoms with Gasteiger partial charge < -0.3 is 16.2 Å². The van der Waals surface area contributed by atoms with Gasteiger partial charge in [0.1, 0.15) is 0 Å². The number of amides is 1. The zero-order valence-electron chi connectivity index (χ0n) is 9.44. The number of nitrogens with two attached hydrogens (primary N) is 1. The predicted molar refractivity (Wildman–Crippen MR) is 63.9 cm³/mol. The summed E-state index contributed by atoms with van der Waals surface area (Å²) in [6.45, 7) is 1.88. The van der Waals surface area contributed by atoms with E-state index >= 15 is 0 Å². The Kier molecular flexibility index (Phi) is 4.79. The summed E-state index contributed by atoms with van der Waals surface area (Å²) in [5.41, 5.74) is 7.17. The number of aliphatic hydroxyl groups is 1. The molecule has 1 rings (SSSR count). The van der Waals surface area contributed by atoms with Gasteiger partial charge in [-0.15, -0.1) is 0 Å². The minimum absolute atomic E-state index is 0.0352. The Morgan fingerprint density at radius 1 is 1.50 bits per heavy atom. The fraction of sp³-hybridized carbons (Fsp3) is 0.417. The Morgan fingerprint density at radius 2 is 2.19 bits per heavy atom. The number of aliphatic hydroxyl groups excluding tert-OH is 1. The highest BCUT2D eigenvalue weighted by molar-refractivity contribution is 5.80. The first-order valence-electron chi connectivity index (χ1n) is 5.41. The Hall–Kier alpha value is -1.55. The van der Waals surface area contributed by atoms with E-state index in [4.69, 9.17) is 10.8 Å². The summed E-state index contributed by atoms with van der Waals surface area (Å²) in [6, 6.07) is 7.11. The zero-order valence-corrected chi connectivity index (χ0v) is 9.44. The topological polar surface area (TPSA) is 75.3 Å². The molecular formula is C12H18N2O2. The fourth-order valence-electron chi connectivity index (χ4n) is 1.42. The van der Waals surface area contributed by atoms with Gasteiger partial charge in [-0.1, -0.05) is 25.1 Å². The molecule has 0 aromatic heterocycles. The quantitative estimate of drug-likeness (QED) is 0.642. The Labute approximate surface area is 95.5 Å². The van der Waals surface area contributed by atoms with E-state index in [2.05, 4.69) is 5.32 Å². The maximum absolute atomic E-state index is 11.6. The molecular weight excluding hydrogens is 204 g/mol. The number of nitrogen functional groups attached to an aromatic ring is 1. The van der Waals surface area contributed by atoms with E-state index in [1.165, 1.54) is 0 Å². The highest BCUT2D eigenvalue weighted by Gasteiger charge is 2.10. The van der Waals surface area contributed by atoms with Crippen molar-refractivity contribution in [2.45, 2.75) is 25.8 Å². The number of para-hydroxylation sites is 1. The molecule has 0 radical (unpaired) electrons. The molecule has 0 saturated heterocycles. The second-order valence-corrected chi connectivity index (χ2v) is 3.73. The van der Waals surface area contributed by atoms with Crippen LogP contribution in [0, 0.1) is 0 Å². The molecule has 1 aromatic carbocycles. The molecule has 0 fully saturated rings. The van der Waals surface area contributed by atoms with Crippen LogP contribution in [0.4, 0.5) is 5.69 Å². The van der Waals surface area contributed by atoms with Crippen molar-refractivity contribution in [2.24, 2.45) is 0 Å². The highest BCUT2D eigenvalue weighted by Crippen LogP contribution is 2.10. The zero-order chi connectivity index (χ0) is 12.0. The first kappa shape index (κ1) is 12.5. The first-order chi connectivity index (χ1) is 7.67. The first-order valence-corrected chi connectivity index (χ1v) is 5.41. The smallest absolute Gasteiger partial charge is 0.224 e. The van der Waals surface area contributed by atoms with Gasteiger partial charge in [-0.3, -0.25) is 4.79 Å². The summed E-state index contributed by atoms with van der Waals surface area (Å²) in [5.74, 6) is -0.112. The Balaban J connectivity index is 2.55. The van der Waals surface area contributed by atoms with Crippen molar-refractivity contribution in [1.29, 1.82) is 0 Å². The fourth-order valence-corrected chi connectivity index (χ4v) is 1.42. The van der Waals surface area contributed by atoms with Crippen LogP contribution < -0.4 is 11.1 Å². The molecule has 1 aromatic rings. The van der Waals surface area contributed by atoms with Gasteiger partial charge in [0.25, 0.3) is 0 Å². The molecule has 0 saturated carbocycles. The molecule has 4 nitrogen and oxygen atoms in total. The van der Waals surface area contributed by atoms with Gasteiger partial charge in [-0.2, -0.15) is 0 Å². The number of hydrogen-bond acceptors (Lipinski definition) is 3. The van der Waals surface area contributed by atoms with Gasteiger partial charge >= 0.3 is 0 Å². The van der Waals surface area contributed by atoms with Gasteiger partial charge in [0.2, 0.25) is 5.91 Å². The van der Waals surface area contributed by atoms with Crippen molar-refractivity contribution >= 4 is 11.6 Å². The number of anilines is 1. The van der Waals surface area contributed by atoms with Crippen molar-refractivity contribution < 1.29 is 9.90 Å². The molecule has 0 aliphatic rings. The normalized spacial score (nSPS) is 12.1. The van der Waals surface area contributed by atoms with Crippen LogP contribution >= 0.6 is 0 Å². The van der Waals surface area contributed by atoms with E-state index in [-0.39, 0.29) is 25.0 Å². The highest BCUT2D eigenvalue weighted by atomic mass is 16.3. The molecule has 0 bridgehead atoms. The van der Waals surface area contributed by atoms with Crippen molar-refractivity contribution in [1.82, 2.24) is 5.32 Å². The van der Waals surface area contributed by atoms with Crippen LogP contribution in [0.2, 0.25) is 0 Å². The van der Waals surface area contributed by atoms with E-state index in [9.17, 15) is 4.79 Å². The van der Waals surface area contributed by atoms with Gasteiger partial charge in [0.05, 0.1) is 19.1 Å². The lowest BCUT2D eigenvalue weighted by atomic mass is 10.1. The summed E-state index contributed by atoms with van der Waals surface area (Å²) < 4.78 is 0. The summed E-state index contributed by atoms with van der Waals surface area (Å²) in [6.07, 6.45) is 0.968. The van der Waals surface area contributed by atoms with Crippen LogP contribution in [0.25, 0.3) is 0 Å². The molecule has 1 amide bonds. The second kappa shape index (κ2) is 6.12. The average Bonchev–Trinajstić information content (AvgIpc) is 2.29. The average molecular weight is 222 g/mol. The molecule has 4 heteroatoms. The van der Waals surface area contributed by atoms with Gasteiger partial charge in [-0.25, -0.2) is 0 Å². The van der Waals surface area contributed by atoms with Crippen LogP contribution in [0.1, 0.15) is 18.9 Å². The largest absolute Gasteiger partial charge is 0.398 e. The third kappa shape index (κ3) is 3.55. The number of carbonyl (C=O) groups is 1. The lowest BCUT2D eigenvalue weighted by Crippen LogP contribution is -2.37. The molecule has 1 atom stereocenters. The van der Waals surface area contributed by atoms with Crippen LogP contribution in [0.15, 0.2) is 24.3 Å². The second-order valence-electron chi connectivity index (χ2n) is 3.73. The summed E-state index contributed by atoms with van der Waals surface area (Å²) in [4.78, 5) is 11.6. The Bertz CT molecular complexity index is 349. The monoisotopic (exact) mass is 222 g/mol. The van der Waals surface area contributed by atoms with Gasteiger partial charge in [-0.05, 0) is 18.1 Å². The van der Waals surface area contributed by atoms with Crippen molar-refractivity contribution in [3.8, 4) is 0 Å². The number of hydrogen-bond donors (Lipinski definition) is 3. The molecule has 0 spiro atoms. The number of nitrogens with one attached hydrogen (secondary N) is 1. The van der Waals surface area contributed by atoms with E-state index in [0.717, 1.165) is 5.56 Å². The molecule has 0 aliphatic carbocycles. The van der Waals surface area contributed by atoms with Crippen molar-refractivity contribution in [3.05, 3.63) is 29.8 Å². The van der Waals surface area contributed by atoms with Crippen LogP contribution in [-0.2, 0) is 11.2 Å². The summed E-state index contributed by atoms with van der Waals surface area (Å²) in [5, 5.41) is 11.7. The van der Waals surface area contributed by atoms with Crippen molar-refractivity contribution in [2.75, 3.05) is 12.3 Å². The number of carbonyl (C=O) groups excluding carboxylic acids is 1. The molecule has 0 unspecified atom stereocenters. The van der Waals surface area contributed by atoms with E-state index in [1.54, 1.807) is 6.07 Å². The Morgan fingerprint density at radius 3 is 2.75 bits per heavy atom. The molecule has 0 aliphatic heterocycles. The van der Waals surface area contributed by atoms with Crippen LogP contribution in [-0.4, -0.2) is 23.7 Å². The standard InChI is InChI=1S/C12H18N2O2/c1-2-10(8-15)14-12(16)7-9-5-3-4-6-11(9)13/h3-6,10,15H,2,7-8,13H2,1H3,(H,14,16)/t10-/m1/s1.